The van der Waals surface area contributed by atoms with E-state index in [-0.39, 0.29) is 11.7 Å². The van der Waals surface area contributed by atoms with Crippen molar-refractivity contribution in [1.82, 2.24) is 14.5 Å². The van der Waals surface area contributed by atoms with Gasteiger partial charge in [-0.15, -0.1) is 0 Å². The molecule has 0 N–H and O–H groups in total. The van der Waals surface area contributed by atoms with E-state index in [4.69, 9.17) is 0 Å². The standard InChI is InChI=1S/C19H14BrF3N4O/c1-26-10-15(19(21,22)23)25-18(26)12-4-2-11(3-5-12)9-27-14-7-16(20)24-8-13(14)6-17(27)28/h2-5,7-8,10H,6,9H2,1H3. The first-order valence-electron chi connectivity index (χ1n) is 8.37. The van der Waals surface area contributed by atoms with Crippen LogP contribution < -0.4 is 4.90 Å². The Balaban J connectivity index is 1.58. The van der Waals surface area contributed by atoms with Crippen LogP contribution in [0.25, 0.3) is 11.4 Å². The molecule has 144 valence electrons. The summed E-state index contributed by atoms with van der Waals surface area (Å²) in [6.45, 7) is 0.372. The molecule has 0 atom stereocenters. The second-order valence-corrected chi connectivity index (χ2v) is 7.36. The molecule has 28 heavy (non-hydrogen) atoms. The monoisotopic (exact) mass is 450 g/mol. The maximum atomic E-state index is 12.9. The molecule has 1 aromatic carbocycles. The molecule has 5 nitrogen and oxygen atoms in total. The van der Waals surface area contributed by atoms with E-state index in [9.17, 15) is 18.0 Å². The molecule has 0 bridgehead atoms. The Hall–Kier alpha value is -2.68. The number of amides is 1. The van der Waals surface area contributed by atoms with Gasteiger partial charge >= 0.3 is 6.18 Å². The number of anilines is 1. The molecule has 1 aliphatic heterocycles. The van der Waals surface area contributed by atoms with E-state index in [2.05, 4.69) is 25.9 Å². The number of imidazole rings is 1. The highest BCUT2D eigenvalue weighted by Crippen LogP contribution is 2.33. The van der Waals surface area contributed by atoms with Gasteiger partial charge in [0.2, 0.25) is 5.91 Å². The first-order chi connectivity index (χ1) is 13.2. The summed E-state index contributed by atoms with van der Waals surface area (Å²) < 4.78 is 40.6. The molecule has 2 aromatic heterocycles. The number of fused-ring (bicyclic) bond motifs is 1. The number of hydrogen-bond acceptors (Lipinski definition) is 3. The molecule has 0 spiro atoms. The molecular weight excluding hydrogens is 437 g/mol. The molecule has 1 aliphatic rings. The first kappa shape index (κ1) is 18.7. The van der Waals surface area contributed by atoms with Crippen molar-refractivity contribution >= 4 is 27.5 Å². The zero-order valence-electron chi connectivity index (χ0n) is 14.7. The van der Waals surface area contributed by atoms with E-state index in [1.807, 2.05) is 0 Å². The summed E-state index contributed by atoms with van der Waals surface area (Å²) in [5.41, 5.74) is 2.20. The van der Waals surface area contributed by atoms with Crippen LogP contribution in [-0.2, 0) is 31.0 Å². The van der Waals surface area contributed by atoms with E-state index >= 15 is 0 Å². The van der Waals surface area contributed by atoms with Gasteiger partial charge in [0.25, 0.3) is 0 Å². The summed E-state index contributed by atoms with van der Waals surface area (Å²) in [7, 11) is 1.53. The number of hydrogen-bond donors (Lipinski definition) is 0. The number of carbonyl (C=O) groups excluding carboxylic acids is 1. The van der Waals surface area contributed by atoms with Gasteiger partial charge in [0.1, 0.15) is 10.4 Å². The maximum absolute atomic E-state index is 12.9. The molecule has 3 heterocycles. The minimum atomic E-state index is -4.48. The zero-order valence-corrected chi connectivity index (χ0v) is 16.3. The van der Waals surface area contributed by atoms with Crippen molar-refractivity contribution in [2.75, 3.05) is 4.90 Å². The maximum Gasteiger partial charge on any atom is 0.434 e. The van der Waals surface area contributed by atoms with Gasteiger partial charge in [0, 0.05) is 30.6 Å². The number of halogens is 4. The third-order valence-corrected chi connectivity index (χ3v) is 5.02. The van der Waals surface area contributed by atoms with E-state index in [0.717, 1.165) is 23.0 Å². The van der Waals surface area contributed by atoms with Crippen LogP contribution in [0.2, 0.25) is 0 Å². The Morgan fingerprint density at radius 3 is 2.57 bits per heavy atom. The fourth-order valence-corrected chi connectivity index (χ4v) is 3.53. The third-order valence-electron chi connectivity index (χ3n) is 4.58. The van der Waals surface area contributed by atoms with Crippen LogP contribution in [0.5, 0.6) is 0 Å². The van der Waals surface area contributed by atoms with Crippen molar-refractivity contribution in [3.63, 3.8) is 0 Å². The molecule has 1 amide bonds. The topological polar surface area (TPSA) is 51.0 Å². The number of aromatic nitrogens is 3. The number of carbonyl (C=O) groups is 1. The van der Waals surface area contributed by atoms with E-state index < -0.39 is 11.9 Å². The second-order valence-electron chi connectivity index (χ2n) is 6.55. The van der Waals surface area contributed by atoms with Crippen LogP contribution in [0.1, 0.15) is 16.8 Å². The first-order valence-corrected chi connectivity index (χ1v) is 9.16. The van der Waals surface area contributed by atoms with E-state index in [1.165, 1.54) is 11.6 Å². The molecule has 0 radical (unpaired) electrons. The number of aryl methyl sites for hydroxylation is 1. The van der Waals surface area contributed by atoms with Gasteiger partial charge in [-0.1, -0.05) is 24.3 Å². The predicted octanol–water partition coefficient (Wildman–Crippen LogP) is 4.35. The van der Waals surface area contributed by atoms with Gasteiger partial charge in [-0.2, -0.15) is 13.2 Å². The zero-order chi connectivity index (χ0) is 20.1. The molecule has 0 saturated heterocycles. The summed E-state index contributed by atoms with van der Waals surface area (Å²) >= 11 is 3.32. The lowest BCUT2D eigenvalue weighted by molar-refractivity contribution is -0.140. The average molecular weight is 451 g/mol. The van der Waals surface area contributed by atoms with Gasteiger partial charge < -0.3 is 9.47 Å². The molecule has 0 fully saturated rings. The number of alkyl halides is 3. The summed E-state index contributed by atoms with van der Waals surface area (Å²) in [6.07, 6.45) is -1.53. The minimum absolute atomic E-state index is 0.0158. The fraction of sp³-hybridized carbons (Fsp3) is 0.211. The SMILES string of the molecule is Cn1cc(C(F)(F)F)nc1-c1ccc(CN2C(=O)Cc3cnc(Br)cc32)cc1. The van der Waals surface area contributed by atoms with Crippen molar-refractivity contribution in [2.45, 2.75) is 19.1 Å². The third kappa shape index (κ3) is 3.42. The highest BCUT2D eigenvalue weighted by atomic mass is 79.9. The quantitative estimate of drug-likeness (QED) is 0.557. The van der Waals surface area contributed by atoms with Crippen molar-refractivity contribution in [1.29, 1.82) is 0 Å². The fourth-order valence-electron chi connectivity index (χ4n) is 3.21. The molecule has 9 heteroatoms. The predicted molar refractivity (Wildman–Crippen MR) is 100 cm³/mol. The lowest BCUT2D eigenvalue weighted by atomic mass is 10.1. The molecular formula is C19H14BrF3N4O. The Kier molecular flexibility index (Phi) is 4.49. The summed E-state index contributed by atoms with van der Waals surface area (Å²) in [6, 6.07) is 8.81. The van der Waals surface area contributed by atoms with Gasteiger partial charge in [-0.05, 0) is 27.6 Å². The summed E-state index contributed by atoms with van der Waals surface area (Å²) in [5.74, 6) is 0.217. The van der Waals surface area contributed by atoms with Gasteiger partial charge in [-0.25, -0.2) is 9.97 Å². The lowest BCUT2D eigenvalue weighted by Gasteiger charge is -2.18. The minimum Gasteiger partial charge on any atom is -0.333 e. The molecule has 0 aliphatic carbocycles. The molecule has 0 unspecified atom stereocenters. The lowest BCUT2D eigenvalue weighted by Crippen LogP contribution is -2.25. The van der Waals surface area contributed by atoms with Crippen LogP contribution in [-0.4, -0.2) is 20.4 Å². The van der Waals surface area contributed by atoms with Crippen LogP contribution in [0.4, 0.5) is 18.9 Å². The second kappa shape index (κ2) is 6.73. The Labute approximate surface area is 167 Å². The van der Waals surface area contributed by atoms with Gasteiger partial charge in [0.05, 0.1) is 18.7 Å². The molecule has 4 rings (SSSR count). The number of benzene rings is 1. The Morgan fingerprint density at radius 1 is 1.21 bits per heavy atom. The number of pyridine rings is 1. The van der Waals surface area contributed by atoms with Gasteiger partial charge in [0.15, 0.2) is 5.69 Å². The highest BCUT2D eigenvalue weighted by Gasteiger charge is 2.34. The van der Waals surface area contributed by atoms with Crippen LogP contribution in [0, 0.1) is 0 Å². The Morgan fingerprint density at radius 2 is 1.93 bits per heavy atom. The van der Waals surface area contributed by atoms with Crippen LogP contribution >= 0.6 is 15.9 Å². The average Bonchev–Trinajstić information content (AvgIpc) is 3.16. The molecule has 0 saturated carbocycles. The van der Waals surface area contributed by atoms with Crippen molar-refractivity contribution in [3.05, 3.63) is 64.1 Å². The largest absolute Gasteiger partial charge is 0.434 e. The van der Waals surface area contributed by atoms with Crippen LogP contribution in [0.15, 0.2) is 47.3 Å². The van der Waals surface area contributed by atoms with Crippen molar-refractivity contribution in [2.24, 2.45) is 7.05 Å². The number of rotatable bonds is 3. The Bertz CT molecular complexity index is 1060. The van der Waals surface area contributed by atoms with Crippen molar-refractivity contribution < 1.29 is 18.0 Å². The molecule has 3 aromatic rings. The van der Waals surface area contributed by atoms with E-state index in [1.54, 1.807) is 41.4 Å². The summed E-state index contributed by atoms with van der Waals surface area (Å²) in [4.78, 5) is 21.9. The number of nitrogens with zero attached hydrogens (tertiary/aromatic N) is 4. The van der Waals surface area contributed by atoms with E-state index in [0.29, 0.717) is 23.1 Å². The van der Waals surface area contributed by atoms with Crippen molar-refractivity contribution in [3.8, 4) is 11.4 Å². The smallest absolute Gasteiger partial charge is 0.333 e. The highest BCUT2D eigenvalue weighted by molar-refractivity contribution is 9.10. The van der Waals surface area contributed by atoms with Crippen LogP contribution in [0.3, 0.4) is 0 Å². The normalized spacial score (nSPS) is 13.9. The summed E-state index contributed by atoms with van der Waals surface area (Å²) in [5, 5.41) is 0. The van der Waals surface area contributed by atoms with Gasteiger partial charge in [-0.3, -0.25) is 4.79 Å².